The van der Waals surface area contributed by atoms with Gasteiger partial charge in [-0.3, -0.25) is 0 Å². The molecule has 2 heterocycles. The van der Waals surface area contributed by atoms with E-state index < -0.39 is 0 Å². The first-order valence-electron chi connectivity index (χ1n) is 10.8. The third-order valence-corrected chi connectivity index (χ3v) is 5.47. The zero-order chi connectivity index (χ0) is 22.2. The number of rotatable bonds is 6. The lowest BCUT2D eigenvalue weighted by Gasteiger charge is -2.36. The molecule has 6 heteroatoms. The average molecular weight is 425 g/mol. The molecule has 0 spiro atoms. The molecule has 0 bridgehead atoms. The molecule has 6 nitrogen and oxygen atoms in total. The van der Waals surface area contributed by atoms with Crippen molar-refractivity contribution in [3.05, 3.63) is 103 Å². The Morgan fingerprint density at radius 2 is 1.66 bits per heavy atom. The minimum absolute atomic E-state index is 0.523. The van der Waals surface area contributed by atoms with E-state index in [1.807, 2.05) is 12.1 Å². The molecule has 0 saturated carbocycles. The predicted molar refractivity (Wildman–Crippen MR) is 131 cm³/mol. The van der Waals surface area contributed by atoms with Crippen molar-refractivity contribution < 1.29 is 0 Å². The van der Waals surface area contributed by atoms with Gasteiger partial charge in [0.05, 0.1) is 5.69 Å². The Kier molecular flexibility index (Phi) is 6.92. The Bertz CT molecular complexity index is 1080. The Labute approximate surface area is 189 Å². The number of guanidine groups is 1. The minimum atomic E-state index is 0.523. The van der Waals surface area contributed by atoms with Gasteiger partial charge in [-0.15, -0.1) is 5.10 Å². The van der Waals surface area contributed by atoms with Crippen LogP contribution in [0.3, 0.4) is 0 Å². The van der Waals surface area contributed by atoms with Crippen LogP contribution in [0.4, 0.5) is 5.82 Å². The topological polar surface area (TPSA) is 70.6 Å². The molecule has 162 valence electrons. The van der Waals surface area contributed by atoms with Crippen LogP contribution in [0.15, 0.2) is 96.7 Å². The van der Waals surface area contributed by atoms with E-state index in [9.17, 15) is 0 Å². The van der Waals surface area contributed by atoms with Crippen molar-refractivity contribution in [2.24, 2.45) is 10.7 Å². The van der Waals surface area contributed by atoms with Crippen LogP contribution in [0.1, 0.15) is 11.3 Å². The van der Waals surface area contributed by atoms with E-state index in [0.29, 0.717) is 5.96 Å². The number of benzene rings is 2. The smallest absolute Gasteiger partial charge is 0.196 e. The first-order chi connectivity index (χ1) is 15.7. The predicted octanol–water partition coefficient (Wildman–Crippen LogP) is 3.87. The number of nitrogens with two attached hydrogens (primary N) is 1. The van der Waals surface area contributed by atoms with Gasteiger partial charge in [0.25, 0.3) is 0 Å². The molecule has 0 amide bonds. The summed E-state index contributed by atoms with van der Waals surface area (Å²) in [6, 6.07) is 22.9. The Morgan fingerprint density at radius 1 is 0.969 bits per heavy atom. The van der Waals surface area contributed by atoms with Crippen LogP contribution in [0.5, 0.6) is 0 Å². The van der Waals surface area contributed by atoms with Gasteiger partial charge >= 0.3 is 0 Å². The standard InChI is InChI=1S/C26H28N6/c1-2-3-14-28-26(27)32-17-15-31(16-18-32)25-24(22-12-8-5-9-13-22)20-23(29-30-25)19-21-10-6-4-7-11-21/h2-14,20H,1,15-19H2,(H2,27,28)/b14-3-. The Balaban J connectivity index is 1.56. The molecular weight excluding hydrogens is 396 g/mol. The van der Waals surface area contributed by atoms with Crippen LogP contribution in [0.2, 0.25) is 0 Å². The molecule has 32 heavy (non-hydrogen) atoms. The third-order valence-electron chi connectivity index (χ3n) is 5.47. The maximum absolute atomic E-state index is 6.13. The second kappa shape index (κ2) is 10.4. The van der Waals surface area contributed by atoms with Crippen molar-refractivity contribution in [1.82, 2.24) is 15.1 Å². The lowest BCUT2D eigenvalue weighted by atomic mass is 10.0. The van der Waals surface area contributed by atoms with Gasteiger partial charge in [-0.05, 0) is 23.3 Å². The van der Waals surface area contributed by atoms with E-state index in [4.69, 9.17) is 5.73 Å². The number of nitrogens with zero attached hydrogens (tertiary/aromatic N) is 5. The molecule has 3 aromatic rings. The highest BCUT2D eigenvalue weighted by Gasteiger charge is 2.22. The largest absolute Gasteiger partial charge is 0.370 e. The highest BCUT2D eigenvalue weighted by molar-refractivity contribution is 5.79. The summed E-state index contributed by atoms with van der Waals surface area (Å²) in [5, 5.41) is 9.25. The average Bonchev–Trinajstić information content (AvgIpc) is 2.85. The molecule has 1 aliphatic rings. The van der Waals surface area contributed by atoms with Crippen LogP contribution >= 0.6 is 0 Å². The molecule has 1 fully saturated rings. The molecule has 1 saturated heterocycles. The van der Waals surface area contributed by atoms with Gasteiger partial charge < -0.3 is 15.5 Å². The van der Waals surface area contributed by atoms with E-state index in [1.165, 1.54) is 5.56 Å². The van der Waals surface area contributed by atoms with E-state index in [-0.39, 0.29) is 0 Å². The first-order valence-corrected chi connectivity index (χ1v) is 10.8. The molecule has 1 aliphatic heterocycles. The maximum Gasteiger partial charge on any atom is 0.196 e. The van der Waals surface area contributed by atoms with Crippen LogP contribution < -0.4 is 10.6 Å². The number of anilines is 1. The number of aromatic nitrogens is 2. The normalized spacial score (nSPS) is 14.7. The monoisotopic (exact) mass is 424 g/mol. The zero-order valence-corrected chi connectivity index (χ0v) is 18.1. The molecule has 0 unspecified atom stereocenters. The lowest BCUT2D eigenvalue weighted by molar-refractivity contribution is 0.380. The van der Waals surface area contributed by atoms with E-state index in [1.54, 1.807) is 18.4 Å². The summed E-state index contributed by atoms with van der Waals surface area (Å²) in [6.45, 7) is 6.80. The molecule has 0 radical (unpaired) electrons. The van der Waals surface area contributed by atoms with Gasteiger partial charge in [-0.25, -0.2) is 4.99 Å². The fourth-order valence-corrected chi connectivity index (χ4v) is 3.79. The highest BCUT2D eigenvalue weighted by Crippen LogP contribution is 2.30. The highest BCUT2D eigenvalue weighted by atomic mass is 15.3. The van der Waals surface area contributed by atoms with Crippen LogP contribution in [-0.4, -0.2) is 47.2 Å². The molecule has 4 rings (SSSR count). The molecule has 2 N–H and O–H groups in total. The number of hydrogen-bond acceptors (Lipinski definition) is 4. The molecule has 2 aromatic carbocycles. The molecule has 1 aromatic heterocycles. The van der Waals surface area contributed by atoms with Gasteiger partial charge in [0.2, 0.25) is 0 Å². The zero-order valence-electron chi connectivity index (χ0n) is 18.1. The van der Waals surface area contributed by atoms with Gasteiger partial charge in [0, 0.05) is 44.4 Å². The number of hydrogen-bond donors (Lipinski definition) is 1. The summed E-state index contributed by atoms with van der Waals surface area (Å²) in [4.78, 5) is 8.64. The van der Waals surface area contributed by atoms with Crippen LogP contribution in [0, 0.1) is 0 Å². The summed E-state index contributed by atoms with van der Waals surface area (Å²) in [5.41, 5.74) is 10.6. The summed E-state index contributed by atoms with van der Waals surface area (Å²) in [5.74, 6) is 1.44. The number of aliphatic imine (C=N–C) groups is 1. The first kappa shape index (κ1) is 21.3. The summed E-state index contributed by atoms with van der Waals surface area (Å²) < 4.78 is 0. The Morgan fingerprint density at radius 3 is 2.34 bits per heavy atom. The maximum atomic E-state index is 6.13. The van der Waals surface area contributed by atoms with Crippen LogP contribution in [0.25, 0.3) is 11.1 Å². The fraction of sp³-hybridized carbons (Fsp3) is 0.192. The Hall–Kier alpha value is -3.93. The van der Waals surface area contributed by atoms with E-state index in [0.717, 1.165) is 55.2 Å². The minimum Gasteiger partial charge on any atom is -0.370 e. The molecule has 0 atom stereocenters. The number of piperazine rings is 1. The summed E-state index contributed by atoms with van der Waals surface area (Å²) in [6.07, 6.45) is 5.87. The van der Waals surface area contributed by atoms with Crippen molar-refractivity contribution in [2.45, 2.75) is 6.42 Å². The summed E-state index contributed by atoms with van der Waals surface area (Å²) >= 11 is 0. The lowest BCUT2D eigenvalue weighted by Crippen LogP contribution is -2.51. The van der Waals surface area contributed by atoms with Gasteiger partial charge in [0.15, 0.2) is 11.8 Å². The van der Waals surface area contributed by atoms with Crippen molar-refractivity contribution in [2.75, 3.05) is 31.1 Å². The number of allylic oxidation sites excluding steroid dienone is 2. The van der Waals surface area contributed by atoms with Crippen molar-refractivity contribution >= 4 is 11.8 Å². The van der Waals surface area contributed by atoms with Crippen molar-refractivity contribution in [1.29, 1.82) is 0 Å². The van der Waals surface area contributed by atoms with E-state index >= 15 is 0 Å². The SMILES string of the molecule is C=C/C=C\N=C(N)N1CCN(c2nnc(Cc3ccccc3)cc2-c2ccccc2)CC1. The second-order valence-electron chi connectivity index (χ2n) is 7.64. The fourth-order valence-electron chi connectivity index (χ4n) is 3.79. The van der Waals surface area contributed by atoms with Gasteiger partial charge in [-0.1, -0.05) is 73.3 Å². The quantitative estimate of drug-likeness (QED) is 0.370. The van der Waals surface area contributed by atoms with Gasteiger partial charge in [-0.2, -0.15) is 5.10 Å². The van der Waals surface area contributed by atoms with Crippen molar-refractivity contribution in [3.63, 3.8) is 0 Å². The second-order valence-corrected chi connectivity index (χ2v) is 7.64. The van der Waals surface area contributed by atoms with Crippen LogP contribution in [-0.2, 0) is 6.42 Å². The third kappa shape index (κ3) is 5.21. The molecule has 0 aliphatic carbocycles. The van der Waals surface area contributed by atoms with Crippen molar-refractivity contribution in [3.8, 4) is 11.1 Å². The van der Waals surface area contributed by atoms with E-state index in [2.05, 4.69) is 86.2 Å². The van der Waals surface area contributed by atoms with Gasteiger partial charge in [0.1, 0.15) is 0 Å². The summed E-state index contributed by atoms with van der Waals surface area (Å²) in [7, 11) is 0. The molecular formula is C26H28N6.